The van der Waals surface area contributed by atoms with Gasteiger partial charge in [-0.05, 0) is 25.0 Å². The van der Waals surface area contributed by atoms with Crippen LogP contribution >= 0.6 is 0 Å². The lowest BCUT2D eigenvalue weighted by Gasteiger charge is -1.98. The van der Waals surface area contributed by atoms with Gasteiger partial charge in [-0.25, -0.2) is 4.98 Å². The first-order valence-electron chi connectivity index (χ1n) is 4.29. The summed E-state index contributed by atoms with van der Waals surface area (Å²) < 4.78 is 5.50. The van der Waals surface area contributed by atoms with E-state index in [0.29, 0.717) is 17.1 Å². The van der Waals surface area contributed by atoms with E-state index in [4.69, 9.17) is 10.2 Å². The van der Waals surface area contributed by atoms with Gasteiger partial charge in [0.2, 0.25) is 5.89 Å². The fourth-order valence-electron chi connectivity index (χ4n) is 1.33. The first-order chi connectivity index (χ1) is 6.28. The van der Waals surface area contributed by atoms with Crippen LogP contribution in [0.25, 0.3) is 11.2 Å². The second-order valence-electron chi connectivity index (χ2n) is 3.50. The molecule has 0 radical (unpaired) electrons. The van der Waals surface area contributed by atoms with Crippen LogP contribution in [0.1, 0.15) is 18.7 Å². The normalized spacial score (nSPS) is 19.2. The zero-order chi connectivity index (χ0) is 8.89. The van der Waals surface area contributed by atoms with E-state index in [9.17, 15) is 0 Å². The zero-order valence-electron chi connectivity index (χ0n) is 7.03. The minimum atomic E-state index is -0.305. The van der Waals surface area contributed by atoms with Crippen LogP contribution in [0.2, 0.25) is 0 Å². The number of aromatic nitrogens is 2. The standard InChI is InChI=1S/C9H9N3O/c10-9(3-4-9)8-12-7-6(13-8)2-1-5-11-7/h1-2,5H,3-4,10H2. The summed E-state index contributed by atoms with van der Waals surface area (Å²) in [5, 5.41) is 0. The highest BCUT2D eigenvalue weighted by Crippen LogP contribution is 2.42. The van der Waals surface area contributed by atoms with E-state index in [0.717, 1.165) is 12.8 Å². The fraction of sp³-hybridized carbons (Fsp3) is 0.333. The van der Waals surface area contributed by atoms with E-state index in [1.54, 1.807) is 6.20 Å². The van der Waals surface area contributed by atoms with E-state index in [1.165, 1.54) is 0 Å². The predicted octanol–water partition coefficient (Wildman–Crippen LogP) is 1.17. The molecule has 0 amide bonds. The van der Waals surface area contributed by atoms with Crippen molar-refractivity contribution >= 4 is 11.2 Å². The maximum atomic E-state index is 5.95. The van der Waals surface area contributed by atoms with Crippen molar-refractivity contribution in [1.29, 1.82) is 0 Å². The average Bonchev–Trinajstić information content (AvgIpc) is 2.76. The maximum Gasteiger partial charge on any atom is 0.217 e. The first-order valence-corrected chi connectivity index (χ1v) is 4.29. The van der Waals surface area contributed by atoms with Crippen molar-refractivity contribution in [3.63, 3.8) is 0 Å². The molecule has 0 bridgehead atoms. The van der Waals surface area contributed by atoms with E-state index in [2.05, 4.69) is 9.97 Å². The Labute approximate surface area is 74.8 Å². The van der Waals surface area contributed by atoms with Crippen LogP contribution in [-0.4, -0.2) is 9.97 Å². The van der Waals surface area contributed by atoms with Crippen molar-refractivity contribution in [3.8, 4) is 0 Å². The number of rotatable bonds is 1. The van der Waals surface area contributed by atoms with Crippen molar-refractivity contribution in [1.82, 2.24) is 9.97 Å². The summed E-state index contributed by atoms with van der Waals surface area (Å²) in [6.45, 7) is 0. The molecule has 2 N–H and O–H groups in total. The van der Waals surface area contributed by atoms with Crippen LogP contribution in [0.3, 0.4) is 0 Å². The van der Waals surface area contributed by atoms with Gasteiger partial charge in [0.1, 0.15) is 0 Å². The Kier molecular flexibility index (Phi) is 1.13. The number of nitrogens with zero attached hydrogens (tertiary/aromatic N) is 2. The molecule has 2 heterocycles. The summed E-state index contributed by atoms with van der Waals surface area (Å²) in [5.41, 5.74) is 7.01. The molecule has 1 aliphatic rings. The van der Waals surface area contributed by atoms with Crippen LogP contribution in [0.15, 0.2) is 22.7 Å². The molecule has 3 rings (SSSR count). The van der Waals surface area contributed by atoms with E-state index in [1.807, 2.05) is 12.1 Å². The zero-order valence-corrected chi connectivity index (χ0v) is 7.03. The van der Waals surface area contributed by atoms with Crippen molar-refractivity contribution < 1.29 is 4.42 Å². The second kappa shape index (κ2) is 2.09. The smallest absolute Gasteiger partial charge is 0.217 e. The molecule has 0 aliphatic heterocycles. The molecule has 4 nitrogen and oxygen atoms in total. The Balaban J connectivity index is 2.22. The maximum absolute atomic E-state index is 5.95. The van der Waals surface area contributed by atoms with Gasteiger partial charge >= 0.3 is 0 Å². The summed E-state index contributed by atoms with van der Waals surface area (Å²) >= 11 is 0. The molecule has 0 atom stereocenters. The van der Waals surface area contributed by atoms with Crippen molar-refractivity contribution in [2.45, 2.75) is 18.4 Å². The molecule has 1 fully saturated rings. The molecule has 1 aliphatic carbocycles. The molecule has 0 unspecified atom stereocenters. The number of fused-ring (bicyclic) bond motifs is 1. The van der Waals surface area contributed by atoms with Crippen LogP contribution in [0.5, 0.6) is 0 Å². The highest BCUT2D eigenvalue weighted by Gasteiger charge is 2.45. The SMILES string of the molecule is NC1(c2nc3ncccc3o2)CC1. The average molecular weight is 175 g/mol. The van der Waals surface area contributed by atoms with Gasteiger partial charge in [0.25, 0.3) is 0 Å². The summed E-state index contributed by atoms with van der Waals surface area (Å²) in [4.78, 5) is 8.33. The molecule has 0 spiro atoms. The molecule has 2 aromatic rings. The van der Waals surface area contributed by atoms with Gasteiger partial charge in [0.05, 0.1) is 5.54 Å². The molecule has 0 saturated heterocycles. The Hall–Kier alpha value is -1.42. The van der Waals surface area contributed by atoms with E-state index in [-0.39, 0.29) is 5.54 Å². The molecule has 4 heteroatoms. The van der Waals surface area contributed by atoms with Gasteiger partial charge in [-0.2, -0.15) is 4.98 Å². The minimum Gasteiger partial charge on any atom is -0.437 e. The Morgan fingerprint density at radius 1 is 1.46 bits per heavy atom. The fourth-order valence-corrected chi connectivity index (χ4v) is 1.33. The summed E-state index contributed by atoms with van der Waals surface area (Å²) in [5.74, 6) is 0.626. The monoisotopic (exact) mass is 175 g/mol. The van der Waals surface area contributed by atoms with Crippen molar-refractivity contribution in [2.24, 2.45) is 5.73 Å². The van der Waals surface area contributed by atoms with Crippen molar-refractivity contribution in [3.05, 3.63) is 24.2 Å². The molecular weight excluding hydrogens is 166 g/mol. The Morgan fingerprint density at radius 2 is 2.31 bits per heavy atom. The van der Waals surface area contributed by atoms with Crippen molar-refractivity contribution in [2.75, 3.05) is 0 Å². The molecular formula is C9H9N3O. The lowest BCUT2D eigenvalue weighted by atomic mass is 10.3. The minimum absolute atomic E-state index is 0.305. The topological polar surface area (TPSA) is 64.9 Å². The number of oxazole rings is 1. The largest absolute Gasteiger partial charge is 0.437 e. The van der Waals surface area contributed by atoms with Gasteiger partial charge in [-0.15, -0.1) is 0 Å². The number of nitrogens with two attached hydrogens (primary N) is 1. The summed E-state index contributed by atoms with van der Waals surface area (Å²) in [7, 11) is 0. The quantitative estimate of drug-likeness (QED) is 0.706. The summed E-state index contributed by atoms with van der Waals surface area (Å²) in [6.07, 6.45) is 3.62. The molecule has 0 aromatic carbocycles. The second-order valence-corrected chi connectivity index (χ2v) is 3.50. The highest BCUT2D eigenvalue weighted by molar-refractivity contribution is 5.67. The number of hydrogen-bond acceptors (Lipinski definition) is 4. The molecule has 1 saturated carbocycles. The van der Waals surface area contributed by atoms with Gasteiger partial charge in [-0.3, -0.25) is 0 Å². The van der Waals surface area contributed by atoms with Crippen LogP contribution in [0.4, 0.5) is 0 Å². The van der Waals surface area contributed by atoms with Gasteiger partial charge in [0.15, 0.2) is 11.2 Å². The third kappa shape index (κ3) is 0.954. The Bertz CT molecular complexity index is 426. The highest BCUT2D eigenvalue weighted by atomic mass is 16.4. The first kappa shape index (κ1) is 7.03. The predicted molar refractivity (Wildman–Crippen MR) is 46.9 cm³/mol. The van der Waals surface area contributed by atoms with Gasteiger partial charge < -0.3 is 10.2 Å². The summed E-state index contributed by atoms with van der Waals surface area (Å²) in [6, 6.07) is 3.68. The molecule has 66 valence electrons. The van der Waals surface area contributed by atoms with Crippen LogP contribution in [-0.2, 0) is 5.54 Å². The lowest BCUT2D eigenvalue weighted by Crippen LogP contribution is -2.18. The Morgan fingerprint density at radius 3 is 3.00 bits per heavy atom. The number of pyridine rings is 1. The third-order valence-corrected chi connectivity index (χ3v) is 2.38. The molecule has 13 heavy (non-hydrogen) atoms. The van der Waals surface area contributed by atoms with Gasteiger partial charge in [-0.1, -0.05) is 0 Å². The van der Waals surface area contributed by atoms with E-state index >= 15 is 0 Å². The number of hydrogen-bond donors (Lipinski definition) is 1. The lowest BCUT2D eigenvalue weighted by molar-refractivity contribution is 0.465. The van der Waals surface area contributed by atoms with E-state index < -0.39 is 0 Å². The molecule has 2 aromatic heterocycles. The van der Waals surface area contributed by atoms with Gasteiger partial charge in [0, 0.05) is 6.20 Å². The van der Waals surface area contributed by atoms with Crippen LogP contribution in [0, 0.1) is 0 Å². The van der Waals surface area contributed by atoms with Crippen LogP contribution < -0.4 is 5.73 Å². The third-order valence-electron chi connectivity index (χ3n) is 2.38.